The highest BCUT2D eigenvalue weighted by atomic mass is 32.2. The molecule has 2 unspecified atom stereocenters. The largest absolute Gasteiger partial charge is 0.329 e. The first-order chi connectivity index (χ1) is 9.56. The topological polar surface area (TPSA) is 63.4 Å². The highest BCUT2D eigenvalue weighted by molar-refractivity contribution is 7.91. The fraction of sp³-hybridized carbons (Fsp3) is 1.00. The van der Waals surface area contributed by atoms with Crippen molar-refractivity contribution in [1.82, 2.24) is 4.90 Å². The summed E-state index contributed by atoms with van der Waals surface area (Å²) in [6.07, 6.45) is 9.47. The number of sulfone groups is 1. The van der Waals surface area contributed by atoms with Crippen LogP contribution in [0.1, 0.15) is 51.4 Å². The Balaban J connectivity index is 1.81. The van der Waals surface area contributed by atoms with E-state index < -0.39 is 9.84 Å². The molecule has 3 fully saturated rings. The van der Waals surface area contributed by atoms with E-state index in [0.717, 1.165) is 25.3 Å². The van der Waals surface area contributed by atoms with Gasteiger partial charge in [-0.05, 0) is 51.0 Å². The zero-order valence-electron chi connectivity index (χ0n) is 12.4. The van der Waals surface area contributed by atoms with Crippen LogP contribution in [0.4, 0.5) is 0 Å². The number of likely N-dealkylation sites (tertiary alicyclic amines) is 1. The molecule has 2 heterocycles. The molecule has 0 aromatic rings. The maximum absolute atomic E-state index is 11.8. The van der Waals surface area contributed by atoms with Gasteiger partial charge in [0, 0.05) is 18.1 Å². The average Bonchev–Trinajstić information content (AvgIpc) is 2.48. The van der Waals surface area contributed by atoms with Gasteiger partial charge in [-0.3, -0.25) is 4.90 Å². The van der Waals surface area contributed by atoms with Crippen LogP contribution in [0, 0.1) is 5.92 Å². The molecular formula is C15H28N2O2S. The van der Waals surface area contributed by atoms with Gasteiger partial charge in [-0.15, -0.1) is 0 Å². The number of fused-ring (bicyclic) bond motifs is 1. The summed E-state index contributed by atoms with van der Waals surface area (Å²) >= 11 is 0. The lowest BCUT2D eigenvalue weighted by molar-refractivity contribution is -0.0305. The van der Waals surface area contributed by atoms with Gasteiger partial charge in [0.05, 0.1) is 11.5 Å². The van der Waals surface area contributed by atoms with Crippen molar-refractivity contribution in [2.75, 3.05) is 24.6 Å². The van der Waals surface area contributed by atoms with E-state index in [1.807, 2.05) is 0 Å². The number of hydrogen-bond donors (Lipinski definition) is 1. The molecule has 0 spiro atoms. The molecule has 0 amide bonds. The Morgan fingerprint density at radius 3 is 2.40 bits per heavy atom. The molecule has 3 aliphatic rings. The van der Waals surface area contributed by atoms with E-state index in [2.05, 4.69) is 4.90 Å². The van der Waals surface area contributed by atoms with Gasteiger partial charge >= 0.3 is 0 Å². The SMILES string of the molecule is NCC1(N2CCCC3CCCCC32)CCS(=O)(=O)CC1. The lowest BCUT2D eigenvalue weighted by Gasteiger charge is -2.55. The summed E-state index contributed by atoms with van der Waals surface area (Å²) in [5, 5.41) is 0. The van der Waals surface area contributed by atoms with Crippen LogP contribution in [0.3, 0.4) is 0 Å². The minimum atomic E-state index is -2.81. The van der Waals surface area contributed by atoms with Crippen LogP contribution in [0.2, 0.25) is 0 Å². The highest BCUT2D eigenvalue weighted by Gasteiger charge is 2.46. The van der Waals surface area contributed by atoms with Crippen molar-refractivity contribution < 1.29 is 8.42 Å². The van der Waals surface area contributed by atoms with E-state index in [0.29, 0.717) is 24.1 Å². The molecule has 20 heavy (non-hydrogen) atoms. The van der Waals surface area contributed by atoms with Gasteiger partial charge in [-0.1, -0.05) is 12.8 Å². The van der Waals surface area contributed by atoms with Gasteiger partial charge in [-0.25, -0.2) is 8.42 Å². The van der Waals surface area contributed by atoms with Crippen LogP contribution in [0.5, 0.6) is 0 Å². The van der Waals surface area contributed by atoms with Crippen molar-refractivity contribution >= 4 is 9.84 Å². The quantitative estimate of drug-likeness (QED) is 0.840. The molecular weight excluding hydrogens is 272 g/mol. The average molecular weight is 300 g/mol. The Kier molecular flexibility index (Phi) is 4.13. The zero-order valence-corrected chi connectivity index (χ0v) is 13.2. The summed E-state index contributed by atoms with van der Waals surface area (Å²) in [4.78, 5) is 2.65. The summed E-state index contributed by atoms with van der Waals surface area (Å²) in [6, 6.07) is 0.668. The molecule has 116 valence electrons. The zero-order chi connectivity index (χ0) is 14.2. The van der Waals surface area contributed by atoms with Crippen molar-refractivity contribution in [3.05, 3.63) is 0 Å². The van der Waals surface area contributed by atoms with E-state index in [-0.39, 0.29) is 5.54 Å². The minimum absolute atomic E-state index is 0.0357. The number of piperidine rings is 1. The Hall–Kier alpha value is -0.130. The molecule has 4 nitrogen and oxygen atoms in total. The molecule has 1 aliphatic carbocycles. The van der Waals surface area contributed by atoms with Crippen LogP contribution in [-0.4, -0.2) is 49.5 Å². The second-order valence-corrected chi connectivity index (χ2v) is 9.33. The number of nitrogens with zero attached hydrogens (tertiary/aromatic N) is 1. The maximum atomic E-state index is 11.8. The first-order valence-corrected chi connectivity index (χ1v) is 10.1. The third-order valence-electron chi connectivity index (χ3n) is 5.99. The fourth-order valence-electron chi connectivity index (χ4n) is 4.74. The van der Waals surface area contributed by atoms with E-state index >= 15 is 0 Å². The third-order valence-corrected chi connectivity index (χ3v) is 7.64. The number of hydrogen-bond acceptors (Lipinski definition) is 4. The van der Waals surface area contributed by atoms with Gasteiger partial charge in [-0.2, -0.15) is 0 Å². The van der Waals surface area contributed by atoms with Crippen LogP contribution in [0.15, 0.2) is 0 Å². The fourth-order valence-corrected chi connectivity index (χ4v) is 6.33. The molecule has 3 rings (SSSR count). The van der Waals surface area contributed by atoms with E-state index in [1.54, 1.807) is 0 Å². The van der Waals surface area contributed by atoms with E-state index in [4.69, 9.17) is 5.73 Å². The Morgan fingerprint density at radius 2 is 1.70 bits per heavy atom. The predicted octanol–water partition coefficient (Wildman–Crippen LogP) is 1.55. The molecule has 5 heteroatoms. The number of nitrogens with two attached hydrogens (primary N) is 1. The first kappa shape index (κ1) is 14.8. The van der Waals surface area contributed by atoms with Gasteiger partial charge in [0.25, 0.3) is 0 Å². The summed E-state index contributed by atoms with van der Waals surface area (Å²) in [6.45, 7) is 1.74. The van der Waals surface area contributed by atoms with Crippen molar-refractivity contribution in [3.63, 3.8) is 0 Å². The molecule has 1 saturated carbocycles. The Morgan fingerprint density at radius 1 is 1.05 bits per heavy atom. The Bertz CT molecular complexity index is 433. The molecule has 2 N–H and O–H groups in total. The first-order valence-electron chi connectivity index (χ1n) is 8.24. The smallest absolute Gasteiger partial charge is 0.150 e. The molecule has 0 bridgehead atoms. The summed E-state index contributed by atoms with van der Waals surface area (Å²) in [7, 11) is -2.81. The standard InChI is InChI=1S/C15H28N2O2S/c16-12-15(7-10-20(18,19)11-8-15)17-9-3-5-13-4-1-2-6-14(13)17/h13-14H,1-12,16H2. The van der Waals surface area contributed by atoms with E-state index in [9.17, 15) is 8.42 Å². The third kappa shape index (κ3) is 2.64. The van der Waals surface area contributed by atoms with Crippen LogP contribution in [0.25, 0.3) is 0 Å². The molecule has 0 aromatic carbocycles. The van der Waals surface area contributed by atoms with Gasteiger partial charge < -0.3 is 5.73 Å². The summed E-state index contributed by atoms with van der Waals surface area (Å²) < 4.78 is 23.5. The van der Waals surface area contributed by atoms with Gasteiger partial charge in [0.2, 0.25) is 0 Å². The second-order valence-electron chi connectivity index (χ2n) is 7.03. The predicted molar refractivity (Wildman–Crippen MR) is 81.4 cm³/mol. The second kappa shape index (κ2) is 5.58. The monoisotopic (exact) mass is 300 g/mol. The maximum Gasteiger partial charge on any atom is 0.150 e. The molecule has 0 radical (unpaired) electrons. The minimum Gasteiger partial charge on any atom is -0.329 e. The van der Waals surface area contributed by atoms with Crippen LogP contribution >= 0.6 is 0 Å². The lowest BCUT2D eigenvalue weighted by Crippen LogP contribution is -2.64. The summed E-state index contributed by atoms with van der Waals surface area (Å²) in [5.74, 6) is 1.50. The van der Waals surface area contributed by atoms with Crippen molar-refractivity contribution in [2.24, 2.45) is 11.7 Å². The van der Waals surface area contributed by atoms with Crippen LogP contribution in [-0.2, 0) is 9.84 Å². The van der Waals surface area contributed by atoms with Crippen LogP contribution < -0.4 is 5.73 Å². The number of rotatable bonds is 2. The summed E-state index contributed by atoms with van der Waals surface area (Å²) in [5.41, 5.74) is 6.11. The van der Waals surface area contributed by atoms with Crippen molar-refractivity contribution in [1.29, 1.82) is 0 Å². The van der Waals surface area contributed by atoms with Gasteiger partial charge in [0.15, 0.2) is 0 Å². The highest BCUT2D eigenvalue weighted by Crippen LogP contribution is 2.41. The van der Waals surface area contributed by atoms with Crippen molar-refractivity contribution in [2.45, 2.75) is 62.9 Å². The molecule has 0 aromatic heterocycles. The molecule has 2 saturated heterocycles. The molecule has 2 atom stereocenters. The lowest BCUT2D eigenvalue weighted by atomic mass is 9.75. The normalized spacial score (nSPS) is 37.2. The molecule has 2 aliphatic heterocycles. The van der Waals surface area contributed by atoms with E-state index in [1.165, 1.54) is 38.5 Å². The van der Waals surface area contributed by atoms with Crippen molar-refractivity contribution in [3.8, 4) is 0 Å². The Labute approximate surface area is 123 Å². The van der Waals surface area contributed by atoms with Gasteiger partial charge in [0.1, 0.15) is 9.84 Å².